The van der Waals surface area contributed by atoms with E-state index in [0.29, 0.717) is 12.1 Å². The van der Waals surface area contributed by atoms with Crippen molar-refractivity contribution >= 4 is 29.3 Å². The number of halogens is 4. The number of ketones is 1. The Hall–Kier alpha value is -4.14. The van der Waals surface area contributed by atoms with E-state index in [0.717, 1.165) is 6.07 Å². The minimum Gasteiger partial charge on any atom is -0.462 e. The summed E-state index contributed by atoms with van der Waals surface area (Å²) in [6.45, 7) is 7.06. The third kappa shape index (κ3) is 6.40. The number of terminal acetylenes is 1. The van der Waals surface area contributed by atoms with Crippen LogP contribution in [0.25, 0.3) is 0 Å². The first kappa shape index (κ1) is 30.1. The minimum absolute atomic E-state index is 0.0782. The third-order valence-corrected chi connectivity index (χ3v) is 5.79. The number of Topliss-reactive ketones (excluding diaryl/α,β-unsaturated/α-hetero) is 1. The molecule has 12 heteroatoms. The molecule has 0 saturated heterocycles. The third-order valence-electron chi connectivity index (χ3n) is 5.79. The van der Waals surface area contributed by atoms with Gasteiger partial charge in [-0.25, -0.2) is 4.39 Å². The molecule has 1 aromatic carbocycles. The van der Waals surface area contributed by atoms with Gasteiger partial charge in [-0.15, -0.1) is 6.42 Å². The Kier molecular flexibility index (Phi) is 8.77. The predicted molar refractivity (Wildman–Crippen MR) is 130 cm³/mol. The SMILES string of the molecule is C#C[C@@](C)(COC(=O)C(C)C)NC(=O)C(=O)c1c(C)c(C(=O)Nc2ccc(F)c(C(F)(F)F)c2)n(C)c1C. The van der Waals surface area contributed by atoms with Crippen LogP contribution in [0, 0.1) is 37.9 Å². The number of nitrogens with zero attached hydrogens (tertiary/aromatic N) is 1. The summed E-state index contributed by atoms with van der Waals surface area (Å²) in [5.41, 5.74) is -3.32. The second-order valence-electron chi connectivity index (χ2n) is 9.16. The Balaban J connectivity index is 2.32. The van der Waals surface area contributed by atoms with Crippen molar-refractivity contribution < 1.29 is 41.5 Å². The van der Waals surface area contributed by atoms with Crippen molar-refractivity contribution in [3.8, 4) is 12.3 Å². The average molecular weight is 538 g/mol. The fraction of sp³-hybridized carbons (Fsp3) is 0.385. The molecule has 8 nitrogen and oxygen atoms in total. The summed E-state index contributed by atoms with van der Waals surface area (Å²) in [5.74, 6) is -3.26. The predicted octanol–water partition coefficient (Wildman–Crippen LogP) is 3.94. The second-order valence-corrected chi connectivity index (χ2v) is 9.16. The highest BCUT2D eigenvalue weighted by Crippen LogP contribution is 2.33. The Labute approximate surface area is 216 Å². The molecule has 2 amide bonds. The molecule has 2 aromatic rings. The number of nitrogens with one attached hydrogen (secondary N) is 2. The zero-order chi connectivity index (χ0) is 29.2. The van der Waals surface area contributed by atoms with Crippen molar-refractivity contribution in [1.29, 1.82) is 0 Å². The van der Waals surface area contributed by atoms with E-state index in [4.69, 9.17) is 11.2 Å². The first-order chi connectivity index (χ1) is 17.4. The van der Waals surface area contributed by atoms with Gasteiger partial charge in [0, 0.05) is 18.4 Å². The van der Waals surface area contributed by atoms with Crippen LogP contribution < -0.4 is 10.6 Å². The number of amides is 2. The molecule has 0 aliphatic carbocycles. The van der Waals surface area contributed by atoms with Crippen molar-refractivity contribution in [2.75, 3.05) is 11.9 Å². The number of benzene rings is 1. The summed E-state index contributed by atoms with van der Waals surface area (Å²) in [6.07, 6.45) is 0.509. The molecule has 204 valence electrons. The monoisotopic (exact) mass is 537 g/mol. The van der Waals surface area contributed by atoms with Gasteiger partial charge in [-0.1, -0.05) is 19.8 Å². The van der Waals surface area contributed by atoms with E-state index in [-0.39, 0.29) is 28.2 Å². The van der Waals surface area contributed by atoms with Gasteiger partial charge in [0.05, 0.1) is 17.0 Å². The Morgan fingerprint density at radius 2 is 1.76 bits per heavy atom. The molecule has 0 unspecified atom stereocenters. The normalized spacial score (nSPS) is 12.9. The summed E-state index contributed by atoms with van der Waals surface area (Å²) in [6, 6.07) is 1.98. The molecule has 38 heavy (non-hydrogen) atoms. The first-order valence-corrected chi connectivity index (χ1v) is 11.3. The molecule has 0 aliphatic rings. The highest BCUT2D eigenvalue weighted by molar-refractivity contribution is 6.44. The molecule has 0 fully saturated rings. The van der Waals surface area contributed by atoms with Gasteiger partial charge < -0.3 is 19.9 Å². The molecular weight excluding hydrogens is 510 g/mol. The summed E-state index contributed by atoms with van der Waals surface area (Å²) < 4.78 is 59.1. The van der Waals surface area contributed by atoms with E-state index in [1.807, 2.05) is 0 Å². The summed E-state index contributed by atoms with van der Waals surface area (Å²) in [5, 5.41) is 4.62. The average Bonchev–Trinajstić information content (AvgIpc) is 3.05. The van der Waals surface area contributed by atoms with Crippen molar-refractivity contribution in [3.05, 3.63) is 52.1 Å². The highest BCUT2D eigenvalue weighted by atomic mass is 19.4. The molecule has 1 aromatic heterocycles. The molecule has 0 bridgehead atoms. The zero-order valence-corrected chi connectivity index (χ0v) is 21.6. The number of hydrogen-bond acceptors (Lipinski definition) is 5. The van der Waals surface area contributed by atoms with Gasteiger partial charge in [0.15, 0.2) is 0 Å². The number of ether oxygens (including phenoxy) is 1. The van der Waals surface area contributed by atoms with E-state index in [1.54, 1.807) is 13.8 Å². The number of aromatic nitrogens is 1. The van der Waals surface area contributed by atoms with Crippen LogP contribution in [-0.2, 0) is 27.5 Å². The van der Waals surface area contributed by atoms with E-state index < -0.39 is 59.2 Å². The lowest BCUT2D eigenvalue weighted by Gasteiger charge is -2.24. The van der Waals surface area contributed by atoms with Gasteiger partial charge >= 0.3 is 12.1 Å². The van der Waals surface area contributed by atoms with Crippen LogP contribution in [-0.4, -0.2) is 40.3 Å². The summed E-state index contributed by atoms with van der Waals surface area (Å²) in [7, 11) is 1.43. The van der Waals surface area contributed by atoms with Crippen LogP contribution >= 0.6 is 0 Å². The second kappa shape index (κ2) is 11.1. The largest absolute Gasteiger partial charge is 0.462 e. The van der Waals surface area contributed by atoms with Crippen LogP contribution in [0.2, 0.25) is 0 Å². The van der Waals surface area contributed by atoms with Gasteiger partial charge in [-0.3, -0.25) is 19.2 Å². The number of esters is 1. The maximum atomic E-state index is 13.6. The smallest absolute Gasteiger partial charge is 0.419 e. The van der Waals surface area contributed by atoms with Gasteiger partial charge in [0.25, 0.3) is 17.6 Å². The van der Waals surface area contributed by atoms with Gasteiger partial charge in [0.2, 0.25) is 0 Å². The Morgan fingerprint density at radius 1 is 1.16 bits per heavy atom. The molecule has 0 saturated carbocycles. The number of alkyl halides is 3. The lowest BCUT2D eigenvalue weighted by atomic mass is 10.0. The van der Waals surface area contributed by atoms with Crippen molar-refractivity contribution in [2.45, 2.75) is 46.3 Å². The fourth-order valence-corrected chi connectivity index (χ4v) is 3.56. The van der Waals surface area contributed by atoms with Crippen LogP contribution in [0.4, 0.5) is 23.2 Å². The summed E-state index contributed by atoms with van der Waals surface area (Å²) in [4.78, 5) is 50.6. The van der Waals surface area contributed by atoms with Crippen LogP contribution in [0.3, 0.4) is 0 Å². The van der Waals surface area contributed by atoms with Gasteiger partial charge in [-0.05, 0) is 44.5 Å². The molecule has 0 radical (unpaired) electrons. The van der Waals surface area contributed by atoms with Crippen LogP contribution in [0.1, 0.15) is 58.4 Å². The molecule has 1 atom stereocenters. The topological polar surface area (TPSA) is 106 Å². The number of anilines is 1. The first-order valence-electron chi connectivity index (χ1n) is 11.3. The maximum absolute atomic E-state index is 13.6. The van der Waals surface area contributed by atoms with Crippen molar-refractivity contribution in [2.24, 2.45) is 13.0 Å². The summed E-state index contributed by atoms with van der Waals surface area (Å²) >= 11 is 0. The number of rotatable bonds is 8. The van der Waals surface area contributed by atoms with Crippen molar-refractivity contribution in [3.63, 3.8) is 0 Å². The molecule has 2 N–H and O–H groups in total. The maximum Gasteiger partial charge on any atom is 0.419 e. The highest BCUT2D eigenvalue weighted by Gasteiger charge is 2.35. The van der Waals surface area contributed by atoms with E-state index in [1.165, 1.54) is 32.4 Å². The fourth-order valence-electron chi connectivity index (χ4n) is 3.56. The molecule has 0 aliphatic heterocycles. The molecule has 2 rings (SSSR count). The standard InChI is InChI=1S/C26H27F4N3O5/c1-8-25(6,12-38-24(37)13(2)3)32-23(36)21(34)19-14(4)20(33(7)15(19)5)22(35)31-16-9-10-18(27)17(11-16)26(28,29)30/h1,9-11,13H,12H2,2-7H3,(H,31,35)(H,32,36)/t25-/m0/s1. The molecular formula is C26H27F4N3O5. The lowest BCUT2D eigenvalue weighted by Crippen LogP contribution is -2.51. The minimum atomic E-state index is -4.98. The molecule has 0 spiro atoms. The molecule has 1 heterocycles. The van der Waals surface area contributed by atoms with E-state index in [9.17, 15) is 36.7 Å². The number of carbonyl (C=O) groups excluding carboxylic acids is 4. The Bertz CT molecular complexity index is 1340. The zero-order valence-electron chi connectivity index (χ0n) is 21.6. The quantitative estimate of drug-likeness (QED) is 0.175. The lowest BCUT2D eigenvalue weighted by molar-refractivity contribution is -0.149. The Morgan fingerprint density at radius 3 is 2.29 bits per heavy atom. The van der Waals surface area contributed by atoms with Crippen LogP contribution in [0.5, 0.6) is 0 Å². The van der Waals surface area contributed by atoms with E-state index >= 15 is 0 Å². The van der Waals surface area contributed by atoms with Gasteiger partial charge in [-0.2, -0.15) is 13.2 Å². The number of hydrogen-bond donors (Lipinski definition) is 2. The van der Waals surface area contributed by atoms with Crippen LogP contribution in [0.15, 0.2) is 18.2 Å². The van der Waals surface area contributed by atoms with Crippen molar-refractivity contribution in [1.82, 2.24) is 9.88 Å². The van der Waals surface area contributed by atoms with Gasteiger partial charge in [0.1, 0.15) is 23.7 Å². The van der Waals surface area contributed by atoms with E-state index in [2.05, 4.69) is 16.6 Å². The number of carbonyl (C=O) groups is 4.